The van der Waals surface area contributed by atoms with E-state index in [0.717, 1.165) is 18.8 Å². The first kappa shape index (κ1) is 11.6. The second kappa shape index (κ2) is 4.97. The Hall–Kier alpha value is -0.870. The van der Waals surface area contributed by atoms with Crippen LogP contribution < -0.4 is 5.32 Å². The highest BCUT2D eigenvalue weighted by Gasteiger charge is 2.28. The molecule has 3 unspecified atom stereocenters. The summed E-state index contributed by atoms with van der Waals surface area (Å²) in [5, 5.41) is 7.49. The highest BCUT2D eigenvalue weighted by molar-refractivity contribution is 4.96. The van der Waals surface area contributed by atoms with Crippen LogP contribution in [-0.4, -0.2) is 35.7 Å². The first-order valence-corrected chi connectivity index (χ1v) is 5.99. The van der Waals surface area contributed by atoms with Crippen LogP contribution in [0.25, 0.3) is 0 Å². The Morgan fingerprint density at radius 1 is 1.56 bits per heavy atom. The molecule has 4 heteroatoms. The van der Waals surface area contributed by atoms with Gasteiger partial charge >= 0.3 is 0 Å². The zero-order chi connectivity index (χ0) is 11.5. The van der Waals surface area contributed by atoms with Crippen LogP contribution >= 0.6 is 0 Å². The van der Waals surface area contributed by atoms with E-state index in [1.165, 1.54) is 6.42 Å². The van der Waals surface area contributed by atoms with Crippen LogP contribution in [-0.2, 0) is 6.54 Å². The van der Waals surface area contributed by atoms with E-state index in [2.05, 4.69) is 36.3 Å². The average molecular weight is 223 g/mol. The third-order valence-corrected chi connectivity index (χ3v) is 3.65. The van der Waals surface area contributed by atoms with E-state index in [0.29, 0.717) is 18.0 Å². The van der Waals surface area contributed by atoms with Crippen molar-refractivity contribution in [2.24, 2.45) is 5.92 Å². The molecule has 3 atom stereocenters. The van der Waals surface area contributed by atoms with E-state index in [4.69, 9.17) is 4.52 Å². The summed E-state index contributed by atoms with van der Waals surface area (Å²) in [6.07, 6.45) is 2.83. The van der Waals surface area contributed by atoms with E-state index in [-0.39, 0.29) is 0 Å². The number of likely N-dealkylation sites (tertiary alicyclic amines) is 1. The molecule has 16 heavy (non-hydrogen) atoms. The first-order valence-electron chi connectivity index (χ1n) is 5.99. The van der Waals surface area contributed by atoms with Gasteiger partial charge in [0.15, 0.2) is 0 Å². The minimum absolute atomic E-state index is 0.586. The second-order valence-corrected chi connectivity index (χ2v) is 4.98. The van der Waals surface area contributed by atoms with E-state index >= 15 is 0 Å². The van der Waals surface area contributed by atoms with Gasteiger partial charge in [0.05, 0.1) is 5.69 Å². The molecule has 0 radical (unpaired) electrons. The lowest BCUT2D eigenvalue weighted by Crippen LogP contribution is -2.50. The number of nitrogens with one attached hydrogen (secondary N) is 1. The first-order chi connectivity index (χ1) is 7.66. The van der Waals surface area contributed by atoms with Crippen LogP contribution in [0.2, 0.25) is 0 Å². The summed E-state index contributed by atoms with van der Waals surface area (Å²) in [6, 6.07) is 3.16. The maximum absolute atomic E-state index is 4.82. The molecule has 1 fully saturated rings. The van der Waals surface area contributed by atoms with Crippen LogP contribution in [0.3, 0.4) is 0 Å². The van der Waals surface area contributed by atoms with Gasteiger partial charge < -0.3 is 14.7 Å². The molecular formula is C12H21N3O. The van der Waals surface area contributed by atoms with Crippen LogP contribution in [0.1, 0.15) is 26.0 Å². The average Bonchev–Trinajstić information content (AvgIpc) is 2.74. The third-order valence-electron chi connectivity index (χ3n) is 3.65. The van der Waals surface area contributed by atoms with Crippen LogP contribution in [0.5, 0.6) is 0 Å². The zero-order valence-corrected chi connectivity index (χ0v) is 10.3. The van der Waals surface area contributed by atoms with Gasteiger partial charge in [-0.2, -0.15) is 0 Å². The van der Waals surface area contributed by atoms with Gasteiger partial charge in [-0.25, -0.2) is 0 Å². The molecular weight excluding hydrogens is 202 g/mol. The van der Waals surface area contributed by atoms with Crippen molar-refractivity contribution in [3.05, 3.63) is 18.0 Å². The number of nitrogens with zero attached hydrogens (tertiary/aromatic N) is 2. The highest BCUT2D eigenvalue weighted by Crippen LogP contribution is 2.20. The Labute approximate surface area is 97.0 Å². The van der Waals surface area contributed by atoms with Crippen molar-refractivity contribution in [1.82, 2.24) is 15.4 Å². The van der Waals surface area contributed by atoms with Crippen LogP contribution in [0, 0.1) is 5.92 Å². The molecule has 2 rings (SSSR count). The number of rotatable bonds is 3. The fraction of sp³-hybridized carbons (Fsp3) is 0.750. The molecule has 0 saturated carbocycles. The maximum atomic E-state index is 4.82. The lowest BCUT2D eigenvalue weighted by Gasteiger charge is -2.40. The molecule has 1 aliphatic rings. The Bertz CT molecular complexity index is 312. The largest absolute Gasteiger partial charge is 0.364 e. The van der Waals surface area contributed by atoms with Gasteiger partial charge in [0, 0.05) is 31.2 Å². The SMILES string of the molecule is CC1CN(C)C(C)CC1NCc1ccon1. The van der Waals surface area contributed by atoms with Crippen molar-refractivity contribution in [2.45, 2.75) is 38.9 Å². The maximum Gasteiger partial charge on any atom is 0.124 e. The highest BCUT2D eigenvalue weighted by atomic mass is 16.5. The number of piperidine rings is 1. The predicted molar refractivity (Wildman–Crippen MR) is 63.0 cm³/mol. The molecule has 1 aromatic heterocycles. The third kappa shape index (κ3) is 2.62. The van der Waals surface area contributed by atoms with E-state index < -0.39 is 0 Å². The van der Waals surface area contributed by atoms with Crippen molar-refractivity contribution >= 4 is 0 Å². The summed E-state index contributed by atoms with van der Waals surface area (Å²) in [4.78, 5) is 2.43. The summed E-state index contributed by atoms with van der Waals surface area (Å²) >= 11 is 0. The van der Waals surface area contributed by atoms with Gasteiger partial charge in [0.2, 0.25) is 0 Å². The lowest BCUT2D eigenvalue weighted by molar-refractivity contribution is 0.121. The number of hydrogen-bond acceptors (Lipinski definition) is 4. The molecule has 4 nitrogen and oxygen atoms in total. The molecule has 0 aromatic carbocycles. The van der Waals surface area contributed by atoms with Gasteiger partial charge in [-0.3, -0.25) is 0 Å². The van der Waals surface area contributed by atoms with E-state index in [1.54, 1.807) is 6.26 Å². The van der Waals surface area contributed by atoms with Crippen molar-refractivity contribution in [1.29, 1.82) is 0 Å². The van der Waals surface area contributed by atoms with Crippen molar-refractivity contribution < 1.29 is 4.52 Å². The summed E-state index contributed by atoms with van der Waals surface area (Å²) in [5.74, 6) is 0.688. The van der Waals surface area contributed by atoms with Gasteiger partial charge in [-0.1, -0.05) is 12.1 Å². The summed E-state index contributed by atoms with van der Waals surface area (Å²) in [6.45, 7) is 6.57. The molecule has 2 heterocycles. The standard InChI is InChI=1S/C12H21N3O/c1-9-8-15(3)10(2)6-12(9)13-7-11-4-5-16-14-11/h4-5,9-10,12-13H,6-8H2,1-3H3. The lowest BCUT2D eigenvalue weighted by atomic mass is 9.90. The Morgan fingerprint density at radius 2 is 2.38 bits per heavy atom. The van der Waals surface area contributed by atoms with Crippen molar-refractivity contribution in [3.63, 3.8) is 0 Å². The molecule has 1 aromatic rings. The predicted octanol–water partition coefficient (Wildman–Crippen LogP) is 1.49. The topological polar surface area (TPSA) is 41.3 Å². The molecule has 0 bridgehead atoms. The number of hydrogen-bond donors (Lipinski definition) is 1. The van der Waals surface area contributed by atoms with E-state index in [9.17, 15) is 0 Å². The summed E-state index contributed by atoms with van der Waals surface area (Å²) < 4.78 is 4.82. The molecule has 0 spiro atoms. The second-order valence-electron chi connectivity index (χ2n) is 4.98. The Kier molecular flexibility index (Phi) is 3.61. The van der Waals surface area contributed by atoms with Gasteiger partial charge in [0.1, 0.15) is 6.26 Å². The smallest absolute Gasteiger partial charge is 0.124 e. The fourth-order valence-electron chi connectivity index (χ4n) is 2.39. The molecule has 0 aliphatic carbocycles. The zero-order valence-electron chi connectivity index (χ0n) is 10.3. The van der Waals surface area contributed by atoms with Gasteiger partial charge in [-0.15, -0.1) is 0 Å². The monoisotopic (exact) mass is 223 g/mol. The van der Waals surface area contributed by atoms with Crippen molar-refractivity contribution in [3.8, 4) is 0 Å². The van der Waals surface area contributed by atoms with Gasteiger partial charge in [-0.05, 0) is 26.3 Å². The quantitative estimate of drug-likeness (QED) is 0.843. The van der Waals surface area contributed by atoms with Crippen LogP contribution in [0.15, 0.2) is 16.9 Å². The summed E-state index contributed by atoms with van der Waals surface area (Å²) in [5.41, 5.74) is 0.985. The Morgan fingerprint density at radius 3 is 3.06 bits per heavy atom. The van der Waals surface area contributed by atoms with Gasteiger partial charge in [0.25, 0.3) is 0 Å². The van der Waals surface area contributed by atoms with E-state index in [1.807, 2.05) is 6.07 Å². The fourth-order valence-corrected chi connectivity index (χ4v) is 2.39. The van der Waals surface area contributed by atoms with Crippen LogP contribution in [0.4, 0.5) is 0 Å². The Balaban J connectivity index is 1.85. The molecule has 1 saturated heterocycles. The minimum atomic E-state index is 0.586. The molecule has 0 amide bonds. The summed E-state index contributed by atoms with van der Waals surface area (Å²) in [7, 11) is 2.20. The number of aromatic nitrogens is 1. The normalized spacial score (nSPS) is 31.8. The molecule has 1 N–H and O–H groups in total. The molecule has 1 aliphatic heterocycles. The van der Waals surface area contributed by atoms with Crippen molar-refractivity contribution in [2.75, 3.05) is 13.6 Å². The minimum Gasteiger partial charge on any atom is -0.364 e. The molecule has 90 valence electrons.